The molecular weight excluding hydrogens is 367 g/mol. The highest BCUT2D eigenvalue weighted by Crippen LogP contribution is 2.31. The molecule has 1 heterocycles. The standard InChI is InChI=1S/C16H14Cl2N4O3/c1-9-6-14(25-13-5-4-11(17)7-12(13)18)21-16(20-9)22(8-19)10(2)15(23)24-3/h4-7,10H,1-3H3/t10-/m1/s1. The zero-order chi connectivity index (χ0) is 18.6. The van der Waals surface area contributed by atoms with Crippen LogP contribution in [0.1, 0.15) is 12.6 Å². The molecule has 25 heavy (non-hydrogen) atoms. The van der Waals surface area contributed by atoms with Crippen molar-refractivity contribution in [1.82, 2.24) is 9.97 Å². The van der Waals surface area contributed by atoms with E-state index in [1.165, 1.54) is 20.1 Å². The Labute approximate surface area is 154 Å². The number of anilines is 1. The van der Waals surface area contributed by atoms with Crippen molar-refractivity contribution >= 4 is 35.1 Å². The third-order valence-corrected chi connectivity index (χ3v) is 3.71. The van der Waals surface area contributed by atoms with Gasteiger partial charge in [0.05, 0.1) is 12.1 Å². The summed E-state index contributed by atoms with van der Waals surface area (Å²) < 4.78 is 10.3. The fourth-order valence-corrected chi connectivity index (χ4v) is 2.38. The van der Waals surface area contributed by atoms with Gasteiger partial charge in [-0.1, -0.05) is 23.2 Å². The quantitative estimate of drug-likeness (QED) is 0.443. The van der Waals surface area contributed by atoms with Gasteiger partial charge in [-0.3, -0.25) is 0 Å². The van der Waals surface area contributed by atoms with E-state index in [4.69, 9.17) is 27.9 Å². The summed E-state index contributed by atoms with van der Waals surface area (Å²) in [4.78, 5) is 21.1. The number of carbonyl (C=O) groups is 1. The molecule has 0 spiro atoms. The molecule has 9 heteroatoms. The largest absolute Gasteiger partial charge is 0.467 e. The number of hydrogen-bond donors (Lipinski definition) is 0. The molecule has 0 aliphatic heterocycles. The lowest BCUT2D eigenvalue weighted by molar-refractivity contribution is -0.141. The Balaban J connectivity index is 2.36. The number of ether oxygens (including phenoxy) is 2. The molecule has 1 atom stereocenters. The minimum atomic E-state index is -0.885. The third-order valence-electron chi connectivity index (χ3n) is 3.18. The van der Waals surface area contributed by atoms with Gasteiger partial charge in [0.15, 0.2) is 6.19 Å². The molecule has 0 aliphatic rings. The molecular formula is C16H14Cl2N4O3. The van der Waals surface area contributed by atoms with E-state index in [1.807, 2.05) is 6.19 Å². The van der Waals surface area contributed by atoms with E-state index in [2.05, 4.69) is 14.7 Å². The number of nitriles is 1. The van der Waals surface area contributed by atoms with Gasteiger partial charge in [-0.25, -0.2) is 14.7 Å². The Morgan fingerprint density at radius 3 is 2.64 bits per heavy atom. The predicted octanol–water partition coefficient (Wildman–Crippen LogP) is 3.73. The maximum absolute atomic E-state index is 11.7. The second-order valence-electron chi connectivity index (χ2n) is 4.99. The van der Waals surface area contributed by atoms with Crippen molar-refractivity contribution in [3.8, 4) is 17.8 Å². The van der Waals surface area contributed by atoms with E-state index in [-0.39, 0.29) is 11.8 Å². The highest BCUT2D eigenvalue weighted by molar-refractivity contribution is 6.35. The molecule has 2 aromatic rings. The minimum absolute atomic E-state index is 0.0143. The van der Waals surface area contributed by atoms with Crippen molar-refractivity contribution in [2.75, 3.05) is 12.0 Å². The summed E-state index contributed by atoms with van der Waals surface area (Å²) in [6.07, 6.45) is 1.88. The van der Waals surface area contributed by atoms with Crippen LogP contribution >= 0.6 is 23.2 Å². The number of nitrogens with zero attached hydrogens (tertiary/aromatic N) is 4. The van der Waals surface area contributed by atoms with E-state index in [0.29, 0.717) is 21.5 Å². The summed E-state index contributed by atoms with van der Waals surface area (Å²) in [5.74, 6) is -0.0564. The first-order valence-corrected chi connectivity index (χ1v) is 7.86. The number of hydrogen-bond acceptors (Lipinski definition) is 7. The van der Waals surface area contributed by atoms with Gasteiger partial charge in [-0.2, -0.15) is 10.2 Å². The number of aryl methyl sites for hydroxylation is 1. The van der Waals surface area contributed by atoms with Crippen LogP contribution < -0.4 is 9.64 Å². The van der Waals surface area contributed by atoms with Crippen molar-refractivity contribution in [3.63, 3.8) is 0 Å². The molecule has 1 aromatic heterocycles. The second-order valence-corrected chi connectivity index (χ2v) is 5.84. The molecule has 0 bridgehead atoms. The summed E-state index contributed by atoms with van der Waals surface area (Å²) in [5, 5.41) is 10.1. The highest BCUT2D eigenvalue weighted by Gasteiger charge is 2.25. The van der Waals surface area contributed by atoms with Crippen LogP contribution in [0.15, 0.2) is 24.3 Å². The minimum Gasteiger partial charge on any atom is -0.467 e. The lowest BCUT2D eigenvalue weighted by Gasteiger charge is -2.20. The molecule has 0 saturated carbocycles. The van der Waals surface area contributed by atoms with Gasteiger partial charge in [-0.15, -0.1) is 0 Å². The van der Waals surface area contributed by atoms with Gasteiger partial charge in [0, 0.05) is 16.8 Å². The fourth-order valence-electron chi connectivity index (χ4n) is 1.94. The van der Waals surface area contributed by atoms with Gasteiger partial charge in [-0.05, 0) is 32.0 Å². The average molecular weight is 381 g/mol. The average Bonchev–Trinajstić information content (AvgIpc) is 2.56. The molecule has 1 aromatic carbocycles. The number of rotatable bonds is 5. The molecule has 2 rings (SSSR count). The molecule has 0 amide bonds. The van der Waals surface area contributed by atoms with Crippen LogP contribution in [-0.4, -0.2) is 29.1 Å². The number of benzene rings is 1. The van der Waals surface area contributed by atoms with Crippen LogP contribution in [0.4, 0.5) is 5.95 Å². The Morgan fingerprint density at radius 2 is 2.04 bits per heavy atom. The van der Waals surface area contributed by atoms with E-state index < -0.39 is 12.0 Å². The lowest BCUT2D eigenvalue weighted by atomic mass is 10.3. The van der Waals surface area contributed by atoms with Crippen LogP contribution in [-0.2, 0) is 9.53 Å². The Kier molecular flexibility index (Phi) is 6.02. The third kappa shape index (κ3) is 4.50. The zero-order valence-corrected chi connectivity index (χ0v) is 15.2. The number of methoxy groups -OCH3 is 1. The van der Waals surface area contributed by atoms with Gasteiger partial charge >= 0.3 is 5.97 Å². The zero-order valence-electron chi connectivity index (χ0n) is 13.7. The summed E-state index contributed by atoms with van der Waals surface area (Å²) in [6, 6.07) is 5.45. The summed E-state index contributed by atoms with van der Waals surface area (Å²) in [7, 11) is 1.24. The smallest absolute Gasteiger partial charge is 0.329 e. The lowest BCUT2D eigenvalue weighted by Crippen LogP contribution is -2.37. The number of esters is 1. The van der Waals surface area contributed by atoms with Crippen molar-refractivity contribution in [2.24, 2.45) is 0 Å². The van der Waals surface area contributed by atoms with Crippen molar-refractivity contribution in [3.05, 3.63) is 40.0 Å². The number of carbonyl (C=O) groups excluding carboxylic acids is 1. The molecule has 0 unspecified atom stereocenters. The van der Waals surface area contributed by atoms with E-state index in [0.717, 1.165) is 4.90 Å². The second kappa shape index (κ2) is 8.01. The molecule has 130 valence electrons. The molecule has 7 nitrogen and oxygen atoms in total. The summed E-state index contributed by atoms with van der Waals surface area (Å²) >= 11 is 11.9. The van der Waals surface area contributed by atoms with Crippen LogP contribution in [0.25, 0.3) is 0 Å². The van der Waals surface area contributed by atoms with Crippen LogP contribution in [0.5, 0.6) is 11.6 Å². The number of aromatic nitrogens is 2. The molecule has 0 aliphatic carbocycles. The van der Waals surface area contributed by atoms with Gasteiger partial charge in [0.25, 0.3) is 0 Å². The first-order chi connectivity index (χ1) is 11.8. The normalized spacial score (nSPS) is 11.4. The van der Waals surface area contributed by atoms with Crippen LogP contribution in [0.3, 0.4) is 0 Å². The van der Waals surface area contributed by atoms with E-state index >= 15 is 0 Å². The monoisotopic (exact) mass is 380 g/mol. The predicted molar refractivity (Wildman–Crippen MR) is 92.9 cm³/mol. The van der Waals surface area contributed by atoms with Gasteiger partial charge < -0.3 is 9.47 Å². The van der Waals surface area contributed by atoms with Crippen molar-refractivity contribution in [1.29, 1.82) is 5.26 Å². The molecule has 0 saturated heterocycles. The van der Waals surface area contributed by atoms with Gasteiger partial charge in [0.1, 0.15) is 11.8 Å². The molecule has 0 fully saturated rings. The maximum Gasteiger partial charge on any atom is 0.329 e. The SMILES string of the molecule is COC(=O)[C@@H](C)N(C#N)c1nc(C)cc(Oc2ccc(Cl)cc2Cl)n1. The first kappa shape index (κ1) is 18.8. The molecule has 0 radical (unpaired) electrons. The Hall–Kier alpha value is -2.56. The first-order valence-electron chi connectivity index (χ1n) is 7.11. The molecule has 0 N–H and O–H groups in total. The van der Waals surface area contributed by atoms with E-state index in [1.54, 1.807) is 25.1 Å². The summed E-state index contributed by atoms with van der Waals surface area (Å²) in [6.45, 7) is 3.22. The van der Waals surface area contributed by atoms with Crippen LogP contribution in [0, 0.1) is 18.4 Å². The van der Waals surface area contributed by atoms with E-state index in [9.17, 15) is 10.1 Å². The van der Waals surface area contributed by atoms with Crippen molar-refractivity contribution in [2.45, 2.75) is 19.9 Å². The Bertz CT molecular complexity index is 839. The maximum atomic E-state index is 11.7. The van der Waals surface area contributed by atoms with Crippen molar-refractivity contribution < 1.29 is 14.3 Å². The summed E-state index contributed by atoms with van der Waals surface area (Å²) in [5.41, 5.74) is 0.544. The topological polar surface area (TPSA) is 88.3 Å². The number of halogens is 2. The highest BCUT2D eigenvalue weighted by atomic mass is 35.5. The Morgan fingerprint density at radius 1 is 1.32 bits per heavy atom. The van der Waals surface area contributed by atoms with Gasteiger partial charge in [0.2, 0.25) is 11.8 Å². The van der Waals surface area contributed by atoms with Crippen LogP contribution in [0.2, 0.25) is 10.0 Å². The fraction of sp³-hybridized carbons (Fsp3) is 0.250.